The molecule has 2 amide bonds. The summed E-state index contributed by atoms with van der Waals surface area (Å²) in [5.74, 6) is -0.0230. The second kappa shape index (κ2) is 8.08. The molecular weight excluding hydrogens is 296 g/mol. The number of carbonyl (C=O) groups excluding carboxylic acids is 2. The molecule has 3 N–H and O–H groups in total. The van der Waals surface area contributed by atoms with Gasteiger partial charge in [-0.15, -0.1) is 0 Å². The molecule has 2 rings (SSSR count). The van der Waals surface area contributed by atoms with Gasteiger partial charge in [0.1, 0.15) is 6.04 Å². The Hall–Kier alpha value is -1.18. The van der Waals surface area contributed by atoms with Crippen LogP contribution < -0.4 is 5.73 Å². The molecule has 0 aromatic heterocycles. The molecule has 23 heavy (non-hydrogen) atoms. The lowest BCUT2D eigenvalue weighted by Crippen LogP contribution is -2.51. The fourth-order valence-electron chi connectivity index (χ4n) is 3.48. The number of nitrogens with zero attached hydrogens (tertiary/aromatic N) is 3. The molecule has 7 nitrogen and oxygen atoms in total. The molecule has 0 radical (unpaired) electrons. The Labute approximate surface area is 138 Å². The number of amides is 2. The van der Waals surface area contributed by atoms with E-state index in [1.165, 1.54) is 0 Å². The van der Waals surface area contributed by atoms with Gasteiger partial charge in [0, 0.05) is 38.8 Å². The van der Waals surface area contributed by atoms with Crippen LogP contribution in [0.1, 0.15) is 33.1 Å². The highest BCUT2D eigenvalue weighted by Gasteiger charge is 2.39. The monoisotopic (exact) mass is 326 g/mol. The van der Waals surface area contributed by atoms with Gasteiger partial charge in [0.15, 0.2) is 0 Å². The summed E-state index contributed by atoms with van der Waals surface area (Å²) in [4.78, 5) is 30.8. The molecule has 2 atom stereocenters. The number of carbonyl (C=O) groups is 2. The molecule has 0 bridgehead atoms. The highest BCUT2D eigenvalue weighted by Crippen LogP contribution is 2.20. The van der Waals surface area contributed by atoms with Crippen LogP contribution in [0.25, 0.3) is 0 Å². The average Bonchev–Trinajstić information content (AvgIpc) is 2.92. The summed E-state index contributed by atoms with van der Waals surface area (Å²) in [7, 11) is 0. The Kier molecular flexibility index (Phi) is 6.38. The number of hydrogen-bond donors (Lipinski definition) is 2. The van der Waals surface area contributed by atoms with Crippen LogP contribution in [0.5, 0.6) is 0 Å². The maximum atomic E-state index is 12.7. The molecule has 2 heterocycles. The molecule has 0 saturated carbocycles. The summed E-state index contributed by atoms with van der Waals surface area (Å²) in [6.45, 7) is 7.39. The summed E-state index contributed by atoms with van der Waals surface area (Å²) in [5.41, 5.74) is 6.01. The zero-order valence-electron chi connectivity index (χ0n) is 14.3. The molecule has 0 aliphatic carbocycles. The molecular formula is C16H30N4O3. The smallest absolute Gasteiger partial charge is 0.245 e. The zero-order valence-corrected chi connectivity index (χ0v) is 14.3. The van der Waals surface area contributed by atoms with Crippen LogP contribution in [0, 0.1) is 0 Å². The lowest BCUT2D eigenvalue weighted by atomic mass is 10.1. The number of piperidine rings is 1. The maximum absolute atomic E-state index is 12.7. The first-order valence-corrected chi connectivity index (χ1v) is 8.70. The topological polar surface area (TPSA) is 90.1 Å². The van der Waals surface area contributed by atoms with E-state index >= 15 is 0 Å². The minimum Gasteiger partial charge on any atom is -0.393 e. The van der Waals surface area contributed by atoms with Gasteiger partial charge in [0.25, 0.3) is 0 Å². The Morgan fingerprint density at radius 3 is 2.39 bits per heavy atom. The lowest BCUT2D eigenvalue weighted by Gasteiger charge is -2.33. The van der Waals surface area contributed by atoms with Crippen molar-refractivity contribution >= 4 is 11.8 Å². The van der Waals surface area contributed by atoms with E-state index in [2.05, 4.69) is 4.90 Å². The number of hydrogen-bond acceptors (Lipinski definition) is 5. The van der Waals surface area contributed by atoms with Gasteiger partial charge < -0.3 is 20.6 Å². The van der Waals surface area contributed by atoms with Crippen molar-refractivity contribution in [3.05, 3.63) is 0 Å². The van der Waals surface area contributed by atoms with Gasteiger partial charge in [-0.2, -0.15) is 0 Å². The molecule has 132 valence electrons. The van der Waals surface area contributed by atoms with Gasteiger partial charge in [-0.25, -0.2) is 0 Å². The van der Waals surface area contributed by atoms with Crippen LogP contribution >= 0.6 is 0 Å². The average molecular weight is 326 g/mol. The minimum absolute atomic E-state index is 0.00497. The second-order valence-electron chi connectivity index (χ2n) is 6.58. The largest absolute Gasteiger partial charge is 0.393 e. The van der Waals surface area contributed by atoms with Gasteiger partial charge in [-0.3, -0.25) is 14.5 Å². The van der Waals surface area contributed by atoms with Crippen LogP contribution in [-0.2, 0) is 9.59 Å². The van der Waals surface area contributed by atoms with Crippen LogP contribution in [0.4, 0.5) is 0 Å². The third-order valence-corrected chi connectivity index (χ3v) is 4.93. The van der Waals surface area contributed by atoms with Gasteiger partial charge >= 0.3 is 0 Å². The van der Waals surface area contributed by atoms with Gasteiger partial charge in [0.2, 0.25) is 11.8 Å². The second-order valence-corrected chi connectivity index (χ2v) is 6.58. The van der Waals surface area contributed by atoms with Gasteiger partial charge in [0.05, 0.1) is 12.6 Å². The number of rotatable bonds is 5. The molecule has 2 fully saturated rings. The Bertz CT molecular complexity index is 420. The first kappa shape index (κ1) is 18.2. The fraction of sp³-hybridized carbons (Fsp3) is 0.875. The summed E-state index contributed by atoms with van der Waals surface area (Å²) >= 11 is 0. The normalized spacial score (nSPS) is 26.5. The van der Waals surface area contributed by atoms with Crippen molar-refractivity contribution < 1.29 is 14.7 Å². The number of nitrogens with two attached hydrogens (primary N) is 1. The van der Waals surface area contributed by atoms with E-state index in [-0.39, 0.29) is 24.0 Å². The van der Waals surface area contributed by atoms with E-state index in [1.54, 1.807) is 9.80 Å². The van der Waals surface area contributed by atoms with Crippen molar-refractivity contribution in [1.82, 2.24) is 14.7 Å². The molecule has 0 unspecified atom stereocenters. The quantitative estimate of drug-likeness (QED) is 0.693. The molecule has 2 saturated heterocycles. The Morgan fingerprint density at radius 2 is 1.83 bits per heavy atom. The summed E-state index contributed by atoms with van der Waals surface area (Å²) in [6.07, 6.45) is 1.70. The predicted octanol–water partition coefficient (Wildman–Crippen LogP) is -0.760. The SMILES string of the molecule is CCN(CC)C(=O)[C@@H]1C[C@H](N)CN1C(=O)CN1CCC(O)CC1. The lowest BCUT2D eigenvalue weighted by molar-refractivity contribution is -0.144. The first-order chi connectivity index (χ1) is 11.0. The molecule has 0 aromatic rings. The van der Waals surface area contributed by atoms with Crippen molar-refractivity contribution in [2.75, 3.05) is 39.3 Å². The molecule has 0 aromatic carbocycles. The first-order valence-electron chi connectivity index (χ1n) is 8.70. The number of likely N-dealkylation sites (N-methyl/N-ethyl adjacent to an activating group) is 1. The summed E-state index contributed by atoms with van der Waals surface area (Å²) < 4.78 is 0. The summed E-state index contributed by atoms with van der Waals surface area (Å²) in [6, 6.07) is -0.556. The standard InChI is InChI=1S/C16H30N4O3/c1-3-19(4-2)16(23)14-9-12(17)10-20(14)15(22)11-18-7-5-13(21)6-8-18/h12-14,21H,3-11,17H2,1-2H3/t12-,14-/m0/s1. The van der Waals surface area contributed by atoms with E-state index in [0.29, 0.717) is 45.4 Å². The van der Waals surface area contributed by atoms with Crippen molar-refractivity contribution in [3.8, 4) is 0 Å². The summed E-state index contributed by atoms with van der Waals surface area (Å²) in [5, 5.41) is 9.55. The molecule has 2 aliphatic rings. The van der Waals surface area contributed by atoms with E-state index < -0.39 is 6.04 Å². The van der Waals surface area contributed by atoms with Crippen molar-refractivity contribution in [2.24, 2.45) is 5.73 Å². The zero-order chi connectivity index (χ0) is 17.0. The maximum Gasteiger partial charge on any atom is 0.245 e. The van der Waals surface area contributed by atoms with Crippen LogP contribution in [0.15, 0.2) is 0 Å². The van der Waals surface area contributed by atoms with Crippen LogP contribution in [0.2, 0.25) is 0 Å². The Morgan fingerprint density at radius 1 is 1.22 bits per heavy atom. The van der Waals surface area contributed by atoms with Crippen molar-refractivity contribution in [2.45, 2.75) is 51.3 Å². The van der Waals surface area contributed by atoms with E-state index in [0.717, 1.165) is 13.1 Å². The van der Waals surface area contributed by atoms with E-state index in [4.69, 9.17) is 5.73 Å². The fourth-order valence-corrected chi connectivity index (χ4v) is 3.48. The van der Waals surface area contributed by atoms with Crippen molar-refractivity contribution in [3.63, 3.8) is 0 Å². The van der Waals surface area contributed by atoms with E-state index in [9.17, 15) is 14.7 Å². The van der Waals surface area contributed by atoms with Gasteiger partial charge in [-0.1, -0.05) is 0 Å². The minimum atomic E-state index is -0.423. The Balaban J connectivity index is 1.98. The van der Waals surface area contributed by atoms with E-state index in [1.807, 2.05) is 13.8 Å². The highest BCUT2D eigenvalue weighted by molar-refractivity contribution is 5.89. The number of aliphatic hydroxyl groups excluding tert-OH is 1. The number of likely N-dealkylation sites (tertiary alicyclic amines) is 2. The van der Waals surface area contributed by atoms with Crippen molar-refractivity contribution in [1.29, 1.82) is 0 Å². The van der Waals surface area contributed by atoms with Crippen LogP contribution in [-0.4, -0.2) is 89.1 Å². The van der Waals surface area contributed by atoms with Gasteiger partial charge in [-0.05, 0) is 33.1 Å². The van der Waals surface area contributed by atoms with Crippen LogP contribution in [0.3, 0.4) is 0 Å². The molecule has 0 spiro atoms. The third-order valence-electron chi connectivity index (χ3n) is 4.93. The molecule has 2 aliphatic heterocycles. The molecule has 7 heteroatoms. The highest BCUT2D eigenvalue weighted by atomic mass is 16.3. The number of aliphatic hydroxyl groups is 1. The predicted molar refractivity (Wildman–Crippen MR) is 87.7 cm³/mol. The third kappa shape index (κ3) is 4.43.